The fraction of sp³-hybridized carbons (Fsp3) is 0.273. The molecule has 0 spiro atoms. The quantitative estimate of drug-likeness (QED) is 0.593. The first kappa shape index (κ1) is 13.0. The lowest BCUT2D eigenvalue weighted by Gasteiger charge is -2.14. The Labute approximate surface area is 98.9 Å². The number of nitrogens with zero attached hydrogens (tertiary/aromatic N) is 2. The summed E-state index contributed by atoms with van der Waals surface area (Å²) in [7, 11) is 1.57. The Kier molecular flexibility index (Phi) is 4.45. The minimum atomic E-state index is -0.480. The standard InChI is InChI=1S/C11H13N2O4/c1-3-12(2)11(14)17-8-9-4-6-10(7-5-9)13(15)16/h4-7H,1,3,8H2,2H3. The highest BCUT2D eigenvalue weighted by atomic mass is 16.6. The second-order valence-corrected chi connectivity index (χ2v) is 3.40. The number of benzene rings is 1. The Balaban J connectivity index is 2.53. The minimum Gasteiger partial charge on any atom is -0.445 e. The van der Waals surface area contributed by atoms with Crippen molar-refractivity contribution in [3.8, 4) is 0 Å². The Morgan fingerprint density at radius 2 is 2.06 bits per heavy atom. The van der Waals surface area contributed by atoms with Gasteiger partial charge < -0.3 is 9.64 Å². The molecule has 1 aromatic rings. The number of carbonyl (C=O) groups is 1. The van der Waals surface area contributed by atoms with Crippen molar-refractivity contribution in [1.82, 2.24) is 4.90 Å². The molecule has 0 unspecified atom stereocenters. The zero-order chi connectivity index (χ0) is 12.8. The van der Waals surface area contributed by atoms with E-state index >= 15 is 0 Å². The van der Waals surface area contributed by atoms with Crippen LogP contribution in [0, 0.1) is 17.0 Å². The highest BCUT2D eigenvalue weighted by Gasteiger charge is 2.08. The van der Waals surface area contributed by atoms with Crippen LogP contribution in [0.5, 0.6) is 0 Å². The zero-order valence-corrected chi connectivity index (χ0v) is 9.46. The average molecular weight is 237 g/mol. The molecule has 6 nitrogen and oxygen atoms in total. The molecule has 1 rings (SSSR count). The van der Waals surface area contributed by atoms with Crippen molar-refractivity contribution in [3.05, 3.63) is 46.9 Å². The smallest absolute Gasteiger partial charge is 0.409 e. The maximum absolute atomic E-state index is 11.3. The molecule has 1 aromatic carbocycles. The number of non-ortho nitro benzene ring substituents is 1. The van der Waals surface area contributed by atoms with Gasteiger partial charge in [0.25, 0.3) is 5.69 Å². The van der Waals surface area contributed by atoms with E-state index in [1.54, 1.807) is 19.2 Å². The first-order chi connectivity index (χ1) is 8.04. The first-order valence-electron chi connectivity index (χ1n) is 4.95. The molecule has 0 aliphatic carbocycles. The topological polar surface area (TPSA) is 72.7 Å². The van der Waals surface area contributed by atoms with Gasteiger partial charge in [0, 0.05) is 25.7 Å². The van der Waals surface area contributed by atoms with Gasteiger partial charge in [0.05, 0.1) is 4.92 Å². The van der Waals surface area contributed by atoms with E-state index < -0.39 is 11.0 Å². The van der Waals surface area contributed by atoms with Gasteiger partial charge in [-0.15, -0.1) is 0 Å². The van der Waals surface area contributed by atoms with Crippen molar-refractivity contribution in [2.75, 3.05) is 13.6 Å². The number of rotatable bonds is 4. The summed E-state index contributed by atoms with van der Waals surface area (Å²) < 4.78 is 4.96. The van der Waals surface area contributed by atoms with E-state index in [0.29, 0.717) is 12.1 Å². The van der Waals surface area contributed by atoms with E-state index in [1.807, 2.05) is 0 Å². The summed E-state index contributed by atoms with van der Waals surface area (Å²) in [4.78, 5) is 22.5. The molecule has 1 amide bonds. The number of hydrogen-bond acceptors (Lipinski definition) is 4. The summed E-state index contributed by atoms with van der Waals surface area (Å²) in [6.45, 7) is 3.95. The lowest BCUT2D eigenvalue weighted by Crippen LogP contribution is -2.26. The van der Waals surface area contributed by atoms with Gasteiger partial charge in [-0.25, -0.2) is 4.79 Å². The molecule has 6 heteroatoms. The van der Waals surface area contributed by atoms with Crippen LogP contribution < -0.4 is 0 Å². The van der Waals surface area contributed by atoms with Crippen molar-refractivity contribution in [2.45, 2.75) is 6.61 Å². The van der Waals surface area contributed by atoms with E-state index in [-0.39, 0.29) is 12.3 Å². The lowest BCUT2D eigenvalue weighted by molar-refractivity contribution is -0.384. The van der Waals surface area contributed by atoms with Crippen LogP contribution in [0.25, 0.3) is 0 Å². The second-order valence-electron chi connectivity index (χ2n) is 3.40. The summed E-state index contributed by atoms with van der Waals surface area (Å²) in [6, 6.07) is 5.84. The third-order valence-electron chi connectivity index (χ3n) is 2.16. The molecular formula is C11H13N2O4. The van der Waals surface area contributed by atoms with Gasteiger partial charge in [-0.3, -0.25) is 10.1 Å². The van der Waals surface area contributed by atoms with Gasteiger partial charge in [0.1, 0.15) is 6.61 Å². The Morgan fingerprint density at radius 3 is 2.53 bits per heavy atom. The summed E-state index contributed by atoms with van der Waals surface area (Å²) in [5.41, 5.74) is 0.705. The van der Waals surface area contributed by atoms with E-state index in [9.17, 15) is 14.9 Å². The maximum Gasteiger partial charge on any atom is 0.409 e. The number of amides is 1. The number of nitro benzene ring substituents is 1. The van der Waals surface area contributed by atoms with Crippen molar-refractivity contribution in [1.29, 1.82) is 0 Å². The fourth-order valence-electron chi connectivity index (χ4n) is 1.06. The molecule has 0 aromatic heterocycles. The SMILES string of the molecule is [CH2]CN(C)C(=O)OCc1ccc([N+](=O)[O-])cc1. The molecule has 0 fully saturated rings. The Morgan fingerprint density at radius 1 is 1.47 bits per heavy atom. The third kappa shape index (κ3) is 3.75. The molecule has 0 atom stereocenters. The molecule has 0 heterocycles. The molecule has 91 valence electrons. The highest BCUT2D eigenvalue weighted by Crippen LogP contribution is 2.12. The third-order valence-corrected chi connectivity index (χ3v) is 2.16. The molecule has 1 radical (unpaired) electrons. The summed E-state index contributed by atoms with van der Waals surface area (Å²) in [5, 5.41) is 10.4. The summed E-state index contributed by atoms with van der Waals surface area (Å²) >= 11 is 0. The fourth-order valence-corrected chi connectivity index (χ4v) is 1.06. The van der Waals surface area contributed by atoms with Gasteiger partial charge in [-0.05, 0) is 24.6 Å². The van der Waals surface area contributed by atoms with Gasteiger partial charge in [0.2, 0.25) is 0 Å². The molecule has 0 aliphatic heterocycles. The minimum absolute atomic E-state index is 0.00922. The van der Waals surface area contributed by atoms with E-state index in [4.69, 9.17) is 4.74 Å². The normalized spacial score (nSPS) is 9.76. The molecule has 0 N–H and O–H groups in total. The largest absolute Gasteiger partial charge is 0.445 e. The zero-order valence-electron chi connectivity index (χ0n) is 9.46. The van der Waals surface area contributed by atoms with Gasteiger partial charge in [-0.1, -0.05) is 0 Å². The number of carbonyl (C=O) groups excluding carboxylic acids is 1. The van der Waals surface area contributed by atoms with E-state index in [0.717, 1.165) is 0 Å². The molecule has 17 heavy (non-hydrogen) atoms. The molecule has 0 saturated carbocycles. The average Bonchev–Trinajstić information content (AvgIpc) is 2.35. The first-order valence-corrected chi connectivity index (χ1v) is 4.95. The van der Waals surface area contributed by atoms with Crippen LogP contribution in [-0.4, -0.2) is 29.5 Å². The van der Waals surface area contributed by atoms with Crippen LogP contribution >= 0.6 is 0 Å². The van der Waals surface area contributed by atoms with Crippen molar-refractivity contribution in [2.24, 2.45) is 0 Å². The lowest BCUT2D eigenvalue weighted by atomic mass is 10.2. The summed E-state index contributed by atoms with van der Waals surface area (Å²) in [6.07, 6.45) is -0.474. The van der Waals surface area contributed by atoms with Crippen molar-refractivity contribution < 1.29 is 14.5 Å². The van der Waals surface area contributed by atoms with Crippen molar-refractivity contribution in [3.63, 3.8) is 0 Å². The predicted molar refractivity (Wildman–Crippen MR) is 61.3 cm³/mol. The number of ether oxygens (including phenoxy) is 1. The van der Waals surface area contributed by atoms with Gasteiger partial charge in [0.15, 0.2) is 0 Å². The number of hydrogen-bond donors (Lipinski definition) is 0. The van der Waals surface area contributed by atoms with E-state index in [2.05, 4.69) is 6.92 Å². The Hall–Kier alpha value is -2.11. The van der Waals surface area contributed by atoms with Gasteiger partial charge in [-0.2, -0.15) is 0 Å². The summed E-state index contributed by atoms with van der Waals surface area (Å²) in [5.74, 6) is 0. The molecule has 0 bridgehead atoms. The van der Waals surface area contributed by atoms with Crippen LogP contribution in [-0.2, 0) is 11.3 Å². The van der Waals surface area contributed by atoms with Crippen LogP contribution in [0.4, 0.5) is 10.5 Å². The maximum atomic E-state index is 11.3. The predicted octanol–water partition coefficient (Wildman–Crippen LogP) is 2.00. The highest BCUT2D eigenvalue weighted by molar-refractivity contribution is 5.67. The molecular weight excluding hydrogens is 224 g/mol. The van der Waals surface area contributed by atoms with Crippen LogP contribution in [0.2, 0.25) is 0 Å². The Bertz CT molecular complexity index is 402. The van der Waals surface area contributed by atoms with Crippen LogP contribution in [0.15, 0.2) is 24.3 Å². The number of nitro groups is 1. The second kappa shape index (κ2) is 5.83. The monoisotopic (exact) mass is 237 g/mol. The van der Waals surface area contributed by atoms with Crippen LogP contribution in [0.3, 0.4) is 0 Å². The molecule has 0 saturated heterocycles. The van der Waals surface area contributed by atoms with Crippen molar-refractivity contribution >= 4 is 11.8 Å². The van der Waals surface area contributed by atoms with E-state index in [1.165, 1.54) is 17.0 Å². The van der Waals surface area contributed by atoms with Gasteiger partial charge >= 0.3 is 6.09 Å². The van der Waals surface area contributed by atoms with Crippen LogP contribution in [0.1, 0.15) is 5.56 Å². The molecule has 0 aliphatic rings.